The smallest absolute Gasteiger partial charge is 0.229 e. The molecule has 0 aliphatic heterocycles. The average Bonchev–Trinajstić information content (AvgIpc) is 2.36. The van der Waals surface area contributed by atoms with Gasteiger partial charge in [-0.1, -0.05) is 22.9 Å². The minimum absolute atomic E-state index is 0.256. The zero-order chi connectivity index (χ0) is 12.8. The number of alkyl halides is 1. The molecule has 0 aromatic carbocycles. The lowest BCUT2D eigenvalue weighted by molar-refractivity contribution is 0.372. The average molecular weight is 304 g/mol. The van der Waals surface area contributed by atoms with Gasteiger partial charge < -0.3 is 14.8 Å². The molecule has 1 N–H and O–H groups in total. The van der Waals surface area contributed by atoms with Crippen LogP contribution in [-0.4, -0.2) is 35.6 Å². The molecular weight excluding hydrogens is 286 g/mol. The summed E-state index contributed by atoms with van der Waals surface area (Å²) in [5.74, 6) is 1.95. The summed E-state index contributed by atoms with van der Waals surface area (Å²) in [5.41, 5.74) is 0. The van der Waals surface area contributed by atoms with E-state index < -0.39 is 0 Å². The van der Waals surface area contributed by atoms with Crippen molar-refractivity contribution in [3.63, 3.8) is 0 Å². The minimum Gasteiger partial charge on any atom is -0.481 e. The number of ether oxygens (including phenoxy) is 2. The van der Waals surface area contributed by atoms with Crippen LogP contribution in [0.4, 0.5) is 5.95 Å². The Morgan fingerprint density at radius 3 is 2.18 bits per heavy atom. The van der Waals surface area contributed by atoms with E-state index in [9.17, 15) is 0 Å². The second kappa shape index (κ2) is 6.64. The van der Waals surface area contributed by atoms with E-state index in [-0.39, 0.29) is 6.04 Å². The number of hydrogen-bond donors (Lipinski definition) is 1. The van der Waals surface area contributed by atoms with Crippen LogP contribution in [0.2, 0.25) is 0 Å². The first-order chi connectivity index (χ1) is 8.10. The standard InChI is InChI=1S/C11H18BrN3O2/c1-7(6-12)8(2)13-11-14-9(16-3)5-10(15-11)17-4/h5,7-8H,6H2,1-4H3,(H,13,14,15). The molecule has 0 bridgehead atoms. The van der Waals surface area contributed by atoms with Crippen LogP contribution >= 0.6 is 15.9 Å². The summed E-state index contributed by atoms with van der Waals surface area (Å²) in [5, 5.41) is 4.15. The third-order valence-corrected chi connectivity index (χ3v) is 3.57. The Balaban J connectivity index is 2.82. The number of hydrogen-bond acceptors (Lipinski definition) is 5. The van der Waals surface area contributed by atoms with Crippen molar-refractivity contribution in [3.8, 4) is 11.8 Å². The zero-order valence-electron chi connectivity index (χ0n) is 10.5. The third kappa shape index (κ3) is 4.03. The molecule has 5 nitrogen and oxygen atoms in total. The summed E-state index contributed by atoms with van der Waals surface area (Å²) in [6.07, 6.45) is 0. The van der Waals surface area contributed by atoms with Crippen LogP contribution in [0, 0.1) is 5.92 Å². The van der Waals surface area contributed by atoms with Gasteiger partial charge in [-0.05, 0) is 12.8 Å². The van der Waals surface area contributed by atoms with Gasteiger partial charge in [-0.15, -0.1) is 0 Å². The fourth-order valence-corrected chi connectivity index (χ4v) is 1.72. The first-order valence-electron chi connectivity index (χ1n) is 5.40. The molecule has 0 aliphatic rings. The van der Waals surface area contributed by atoms with Crippen molar-refractivity contribution in [1.82, 2.24) is 9.97 Å². The molecule has 96 valence electrons. The number of aromatic nitrogens is 2. The molecule has 0 saturated heterocycles. The fraction of sp³-hybridized carbons (Fsp3) is 0.636. The maximum atomic E-state index is 5.09. The second-order valence-corrected chi connectivity index (χ2v) is 4.49. The van der Waals surface area contributed by atoms with Gasteiger partial charge in [0.1, 0.15) is 0 Å². The van der Waals surface area contributed by atoms with Gasteiger partial charge in [0.2, 0.25) is 17.7 Å². The van der Waals surface area contributed by atoms with Crippen LogP contribution in [0.1, 0.15) is 13.8 Å². The first kappa shape index (κ1) is 14.0. The van der Waals surface area contributed by atoms with Crippen molar-refractivity contribution >= 4 is 21.9 Å². The molecule has 0 radical (unpaired) electrons. The molecule has 1 aromatic heterocycles. The lowest BCUT2D eigenvalue weighted by Crippen LogP contribution is -2.25. The van der Waals surface area contributed by atoms with E-state index in [4.69, 9.17) is 9.47 Å². The monoisotopic (exact) mass is 303 g/mol. The van der Waals surface area contributed by atoms with Crippen molar-refractivity contribution in [2.45, 2.75) is 19.9 Å². The summed E-state index contributed by atoms with van der Waals surface area (Å²) < 4.78 is 10.2. The molecule has 0 saturated carbocycles. The quantitative estimate of drug-likeness (QED) is 0.817. The van der Waals surface area contributed by atoms with Crippen molar-refractivity contribution < 1.29 is 9.47 Å². The number of rotatable bonds is 6. The van der Waals surface area contributed by atoms with Gasteiger partial charge in [0.05, 0.1) is 20.3 Å². The molecule has 1 heterocycles. The maximum absolute atomic E-state index is 5.09. The number of nitrogens with one attached hydrogen (secondary N) is 1. The van der Waals surface area contributed by atoms with Crippen molar-refractivity contribution in [2.24, 2.45) is 5.92 Å². The minimum atomic E-state index is 0.256. The second-order valence-electron chi connectivity index (χ2n) is 3.84. The summed E-state index contributed by atoms with van der Waals surface area (Å²) in [6.45, 7) is 4.23. The van der Waals surface area contributed by atoms with E-state index in [1.807, 2.05) is 0 Å². The summed E-state index contributed by atoms with van der Waals surface area (Å²) in [6, 6.07) is 1.90. The topological polar surface area (TPSA) is 56.3 Å². The fourth-order valence-electron chi connectivity index (χ4n) is 1.16. The highest BCUT2D eigenvalue weighted by Crippen LogP contribution is 2.19. The zero-order valence-corrected chi connectivity index (χ0v) is 12.1. The molecule has 0 amide bonds. The lowest BCUT2D eigenvalue weighted by Gasteiger charge is -2.19. The molecule has 0 aliphatic carbocycles. The molecule has 0 spiro atoms. The molecule has 2 atom stereocenters. The van der Waals surface area contributed by atoms with Crippen LogP contribution in [0.15, 0.2) is 6.07 Å². The highest BCUT2D eigenvalue weighted by atomic mass is 79.9. The molecular formula is C11H18BrN3O2. The molecule has 2 unspecified atom stereocenters. The highest BCUT2D eigenvalue weighted by molar-refractivity contribution is 9.09. The van der Waals surface area contributed by atoms with Gasteiger partial charge in [-0.25, -0.2) is 0 Å². The van der Waals surface area contributed by atoms with Gasteiger partial charge in [0, 0.05) is 11.4 Å². The molecule has 1 rings (SSSR count). The SMILES string of the molecule is COc1cc(OC)nc(NC(C)C(C)CBr)n1. The Labute approximate surface area is 110 Å². The van der Waals surface area contributed by atoms with E-state index in [2.05, 4.69) is 45.1 Å². The normalized spacial score (nSPS) is 13.9. The highest BCUT2D eigenvalue weighted by Gasteiger charge is 2.13. The van der Waals surface area contributed by atoms with Crippen LogP contribution in [0.3, 0.4) is 0 Å². The Morgan fingerprint density at radius 1 is 1.24 bits per heavy atom. The lowest BCUT2D eigenvalue weighted by atomic mass is 10.1. The summed E-state index contributed by atoms with van der Waals surface area (Å²) >= 11 is 3.45. The van der Waals surface area contributed by atoms with Crippen molar-refractivity contribution in [2.75, 3.05) is 24.9 Å². The van der Waals surface area contributed by atoms with Gasteiger partial charge in [-0.2, -0.15) is 9.97 Å². The molecule has 6 heteroatoms. The Bertz CT molecular complexity index is 340. The van der Waals surface area contributed by atoms with E-state index in [0.717, 1.165) is 5.33 Å². The van der Waals surface area contributed by atoms with Crippen molar-refractivity contribution in [3.05, 3.63) is 6.07 Å². The van der Waals surface area contributed by atoms with E-state index >= 15 is 0 Å². The van der Waals surface area contributed by atoms with Crippen LogP contribution in [0.5, 0.6) is 11.8 Å². The van der Waals surface area contributed by atoms with Gasteiger partial charge in [-0.3, -0.25) is 0 Å². The first-order valence-corrected chi connectivity index (χ1v) is 6.52. The largest absolute Gasteiger partial charge is 0.481 e. The van der Waals surface area contributed by atoms with Crippen LogP contribution in [0.25, 0.3) is 0 Å². The van der Waals surface area contributed by atoms with E-state index in [1.54, 1.807) is 20.3 Å². The van der Waals surface area contributed by atoms with Gasteiger partial charge >= 0.3 is 0 Å². The van der Waals surface area contributed by atoms with Gasteiger partial charge in [0.25, 0.3) is 0 Å². The predicted molar refractivity (Wildman–Crippen MR) is 71.2 cm³/mol. The summed E-state index contributed by atoms with van der Waals surface area (Å²) in [4.78, 5) is 8.43. The third-order valence-electron chi connectivity index (χ3n) is 2.55. The van der Waals surface area contributed by atoms with E-state index in [0.29, 0.717) is 23.6 Å². The number of nitrogens with zero attached hydrogens (tertiary/aromatic N) is 2. The Morgan fingerprint density at radius 2 is 1.76 bits per heavy atom. The maximum Gasteiger partial charge on any atom is 0.229 e. The van der Waals surface area contributed by atoms with Crippen molar-refractivity contribution in [1.29, 1.82) is 0 Å². The predicted octanol–water partition coefficient (Wildman–Crippen LogP) is 2.33. The summed E-state index contributed by atoms with van der Waals surface area (Å²) in [7, 11) is 3.13. The molecule has 0 fully saturated rings. The molecule has 17 heavy (non-hydrogen) atoms. The molecule has 1 aromatic rings. The van der Waals surface area contributed by atoms with Crippen LogP contribution in [-0.2, 0) is 0 Å². The Kier molecular flexibility index (Phi) is 5.47. The number of anilines is 1. The number of halogens is 1. The Hall–Kier alpha value is -1.04. The van der Waals surface area contributed by atoms with Gasteiger partial charge in [0.15, 0.2) is 0 Å². The van der Waals surface area contributed by atoms with E-state index in [1.165, 1.54) is 0 Å². The van der Waals surface area contributed by atoms with Crippen LogP contribution < -0.4 is 14.8 Å². The number of methoxy groups -OCH3 is 2.